The van der Waals surface area contributed by atoms with Crippen molar-refractivity contribution in [3.05, 3.63) is 6.20 Å². The molecule has 2 rings (SSSR count). The first-order chi connectivity index (χ1) is 7.07. The van der Waals surface area contributed by atoms with Crippen LogP contribution in [0.1, 0.15) is 19.8 Å². The Labute approximate surface area is 87.5 Å². The Morgan fingerprint density at radius 2 is 2.40 bits per heavy atom. The van der Waals surface area contributed by atoms with Gasteiger partial charge in [0.05, 0.1) is 12.7 Å². The molecule has 0 bridgehead atoms. The van der Waals surface area contributed by atoms with E-state index >= 15 is 0 Å². The monoisotopic (exact) mass is 211 g/mol. The highest BCUT2D eigenvalue weighted by molar-refractivity contribution is 5.36. The van der Waals surface area contributed by atoms with Gasteiger partial charge in [0, 0.05) is 6.54 Å². The first-order valence-electron chi connectivity index (χ1n) is 4.96. The highest BCUT2D eigenvalue weighted by Crippen LogP contribution is 2.26. The predicted octanol–water partition coefficient (Wildman–Crippen LogP) is 0.782. The number of nitrogens with zero attached hydrogens (tertiary/aromatic N) is 4. The fourth-order valence-corrected chi connectivity index (χ4v) is 1.81. The molecule has 82 valence electrons. The van der Waals surface area contributed by atoms with Crippen molar-refractivity contribution in [1.29, 1.82) is 0 Å². The third-order valence-corrected chi connectivity index (χ3v) is 2.50. The summed E-state index contributed by atoms with van der Waals surface area (Å²) >= 11 is 0. The van der Waals surface area contributed by atoms with E-state index in [0.29, 0.717) is 24.7 Å². The summed E-state index contributed by atoms with van der Waals surface area (Å²) < 4.78 is 13.8. The summed E-state index contributed by atoms with van der Waals surface area (Å²) in [4.78, 5) is 5.81. The van der Waals surface area contributed by atoms with Crippen molar-refractivity contribution in [3.8, 4) is 0 Å². The molecule has 0 radical (unpaired) electrons. The normalized spacial score (nSPS) is 26.7. The van der Waals surface area contributed by atoms with E-state index in [4.69, 9.17) is 5.73 Å². The molecule has 15 heavy (non-hydrogen) atoms. The summed E-state index contributed by atoms with van der Waals surface area (Å²) in [7, 11) is 0. The van der Waals surface area contributed by atoms with Crippen LogP contribution in [0, 0.1) is 0 Å². The zero-order chi connectivity index (χ0) is 10.9. The molecule has 0 saturated carbocycles. The maximum atomic E-state index is 13.8. The Morgan fingerprint density at radius 3 is 3.07 bits per heavy atom. The zero-order valence-corrected chi connectivity index (χ0v) is 8.65. The molecule has 1 aromatic heterocycles. The summed E-state index contributed by atoms with van der Waals surface area (Å²) in [5.41, 5.74) is 4.32. The van der Waals surface area contributed by atoms with Crippen molar-refractivity contribution in [3.63, 3.8) is 0 Å². The minimum absolute atomic E-state index is 0.304. The third kappa shape index (κ3) is 2.31. The second-order valence-electron chi connectivity index (χ2n) is 4.12. The molecule has 2 heterocycles. The van der Waals surface area contributed by atoms with Crippen LogP contribution >= 0.6 is 0 Å². The van der Waals surface area contributed by atoms with Gasteiger partial charge in [0.1, 0.15) is 11.5 Å². The van der Waals surface area contributed by atoms with Gasteiger partial charge in [-0.15, -0.1) is 5.10 Å². The molecule has 1 saturated heterocycles. The number of rotatable bonds is 1. The molecule has 1 aliphatic rings. The maximum Gasteiger partial charge on any atom is 0.247 e. The largest absolute Gasteiger partial charge is 0.382 e. The minimum atomic E-state index is -1.17. The minimum Gasteiger partial charge on any atom is -0.382 e. The Morgan fingerprint density at radius 1 is 1.60 bits per heavy atom. The molecular formula is C9H14FN5. The topological polar surface area (TPSA) is 67.9 Å². The molecule has 1 aromatic rings. The summed E-state index contributed by atoms with van der Waals surface area (Å²) in [5, 5.41) is 7.55. The van der Waals surface area contributed by atoms with Crippen molar-refractivity contribution in [2.24, 2.45) is 0 Å². The van der Waals surface area contributed by atoms with Crippen molar-refractivity contribution in [2.75, 3.05) is 23.7 Å². The Bertz CT molecular complexity index is 354. The lowest BCUT2D eigenvalue weighted by Gasteiger charge is -2.34. The summed E-state index contributed by atoms with van der Waals surface area (Å²) in [6.45, 7) is 2.65. The second-order valence-corrected chi connectivity index (χ2v) is 4.12. The molecule has 1 atom stereocenters. The number of halogens is 1. The van der Waals surface area contributed by atoms with E-state index in [1.54, 1.807) is 11.8 Å². The molecular weight excluding hydrogens is 197 g/mol. The van der Waals surface area contributed by atoms with E-state index in [1.807, 2.05) is 0 Å². The molecule has 1 fully saturated rings. The molecule has 0 amide bonds. The van der Waals surface area contributed by atoms with Crippen molar-refractivity contribution >= 4 is 11.8 Å². The number of aromatic nitrogens is 3. The predicted molar refractivity (Wildman–Crippen MR) is 55.2 cm³/mol. The number of anilines is 2. The van der Waals surface area contributed by atoms with Crippen LogP contribution in [-0.4, -0.2) is 33.9 Å². The van der Waals surface area contributed by atoms with Gasteiger partial charge >= 0.3 is 0 Å². The van der Waals surface area contributed by atoms with Crippen LogP contribution < -0.4 is 10.6 Å². The molecule has 5 nitrogen and oxygen atoms in total. The maximum absolute atomic E-state index is 13.8. The molecule has 0 aliphatic carbocycles. The third-order valence-electron chi connectivity index (χ3n) is 2.50. The van der Waals surface area contributed by atoms with Crippen LogP contribution in [0.2, 0.25) is 0 Å². The molecule has 1 aliphatic heterocycles. The average Bonchev–Trinajstić information content (AvgIpc) is 2.16. The van der Waals surface area contributed by atoms with Crippen LogP contribution in [0.15, 0.2) is 6.20 Å². The lowest BCUT2D eigenvalue weighted by Crippen LogP contribution is -2.44. The van der Waals surface area contributed by atoms with Crippen LogP contribution in [0.4, 0.5) is 16.2 Å². The molecule has 6 heteroatoms. The van der Waals surface area contributed by atoms with Crippen molar-refractivity contribution in [2.45, 2.75) is 25.4 Å². The molecule has 0 aromatic carbocycles. The van der Waals surface area contributed by atoms with Crippen molar-refractivity contribution in [1.82, 2.24) is 15.2 Å². The number of nitrogen functional groups attached to an aromatic ring is 1. The van der Waals surface area contributed by atoms with Gasteiger partial charge in [0.15, 0.2) is 0 Å². The van der Waals surface area contributed by atoms with Gasteiger partial charge in [0.25, 0.3) is 0 Å². The van der Waals surface area contributed by atoms with Gasteiger partial charge in [-0.2, -0.15) is 10.1 Å². The molecule has 0 unspecified atom stereocenters. The highest BCUT2D eigenvalue weighted by Gasteiger charge is 2.31. The van der Waals surface area contributed by atoms with Crippen molar-refractivity contribution < 1.29 is 4.39 Å². The Kier molecular flexibility index (Phi) is 2.42. The van der Waals surface area contributed by atoms with E-state index in [-0.39, 0.29) is 0 Å². The summed E-state index contributed by atoms with van der Waals surface area (Å²) in [6, 6.07) is 0. The number of hydrogen-bond donors (Lipinski definition) is 1. The summed E-state index contributed by atoms with van der Waals surface area (Å²) in [5.74, 6) is 0.727. The molecule has 2 N–H and O–H groups in total. The van der Waals surface area contributed by atoms with Crippen LogP contribution in [0.25, 0.3) is 0 Å². The van der Waals surface area contributed by atoms with Gasteiger partial charge in [-0.05, 0) is 19.8 Å². The lowest BCUT2D eigenvalue weighted by atomic mass is 9.97. The number of hydrogen-bond acceptors (Lipinski definition) is 5. The quantitative estimate of drug-likeness (QED) is 0.743. The average molecular weight is 211 g/mol. The molecule has 0 spiro atoms. The SMILES string of the molecule is C[C@@]1(F)CCCN(c2nncc(N)n2)C1. The number of nitrogens with two attached hydrogens (primary N) is 1. The van der Waals surface area contributed by atoms with E-state index in [2.05, 4.69) is 15.2 Å². The van der Waals surface area contributed by atoms with E-state index in [9.17, 15) is 4.39 Å². The first-order valence-corrected chi connectivity index (χ1v) is 4.96. The smallest absolute Gasteiger partial charge is 0.247 e. The van der Waals surface area contributed by atoms with Crippen LogP contribution in [0.3, 0.4) is 0 Å². The van der Waals surface area contributed by atoms with Crippen LogP contribution in [0.5, 0.6) is 0 Å². The van der Waals surface area contributed by atoms with Crippen LogP contribution in [-0.2, 0) is 0 Å². The standard InChI is InChI=1S/C9H14FN5/c1-9(10)3-2-4-15(6-9)8-13-7(11)5-12-14-8/h5H,2-4,6H2,1H3,(H2,11,13,14)/t9-/m1/s1. The fraction of sp³-hybridized carbons (Fsp3) is 0.667. The fourth-order valence-electron chi connectivity index (χ4n) is 1.81. The number of alkyl halides is 1. The van der Waals surface area contributed by atoms with E-state index < -0.39 is 5.67 Å². The first kappa shape index (κ1) is 10.1. The van der Waals surface area contributed by atoms with E-state index in [1.165, 1.54) is 6.20 Å². The van der Waals surface area contributed by atoms with Gasteiger partial charge in [0.2, 0.25) is 5.95 Å². The lowest BCUT2D eigenvalue weighted by molar-refractivity contribution is 0.159. The highest BCUT2D eigenvalue weighted by atomic mass is 19.1. The van der Waals surface area contributed by atoms with Gasteiger partial charge in [-0.3, -0.25) is 0 Å². The Hall–Kier alpha value is -1.46. The summed E-state index contributed by atoms with van der Waals surface area (Å²) in [6.07, 6.45) is 2.76. The number of piperidine rings is 1. The van der Waals surface area contributed by atoms with Gasteiger partial charge < -0.3 is 10.6 Å². The second kappa shape index (κ2) is 3.60. The zero-order valence-electron chi connectivity index (χ0n) is 8.65. The van der Waals surface area contributed by atoms with E-state index in [0.717, 1.165) is 13.0 Å². The Balaban J connectivity index is 2.17. The van der Waals surface area contributed by atoms with Gasteiger partial charge in [-0.25, -0.2) is 4.39 Å². The van der Waals surface area contributed by atoms with Gasteiger partial charge in [-0.1, -0.05) is 0 Å².